The van der Waals surface area contributed by atoms with Crippen molar-refractivity contribution in [3.8, 4) is 11.5 Å². The quantitative estimate of drug-likeness (QED) is 0.400. The number of carbonyl (C=O) groups is 1. The van der Waals surface area contributed by atoms with Gasteiger partial charge in [-0.3, -0.25) is 4.79 Å². The van der Waals surface area contributed by atoms with Crippen LogP contribution < -0.4 is 9.47 Å². The van der Waals surface area contributed by atoms with Crippen molar-refractivity contribution in [1.82, 2.24) is 9.47 Å². The standard InChI is InChI=1S/C29H28N2O3/c1-33-25-16-15-23(20-26(25)34-2)28-24-14-9-17-30(24)18-19-31(28)29(32)27(21-10-5-3-6-11-21)22-12-7-4-8-13-22/h3-17,20,27-28H,18-19H2,1-2H3. The Morgan fingerprint density at radius 3 is 2.06 bits per heavy atom. The van der Waals surface area contributed by atoms with Crippen LogP contribution in [-0.4, -0.2) is 36.1 Å². The largest absolute Gasteiger partial charge is 0.493 e. The summed E-state index contributed by atoms with van der Waals surface area (Å²) in [7, 11) is 3.26. The summed E-state index contributed by atoms with van der Waals surface area (Å²) in [4.78, 5) is 16.4. The maximum Gasteiger partial charge on any atom is 0.235 e. The molecule has 34 heavy (non-hydrogen) atoms. The summed E-state index contributed by atoms with van der Waals surface area (Å²) in [6.07, 6.45) is 2.08. The van der Waals surface area contributed by atoms with Crippen molar-refractivity contribution >= 4 is 5.91 Å². The molecule has 3 aromatic carbocycles. The third-order valence-electron chi connectivity index (χ3n) is 6.56. The van der Waals surface area contributed by atoms with Gasteiger partial charge in [0.1, 0.15) is 0 Å². The Kier molecular flexibility index (Phi) is 6.09. The molecule has 0 spiro atoms. The molecular weight excluding hydrogens is 424 g/mol. The average Bonchev–Trinajstić information content (AvgIpc) is 3.38. The highest BCUT2D eigenvalue weighted by atomic mass is 16.5. The topological polar surface area (TPSA) is 43.7 Å². The van der Waals surface area contributed by atoms with E-state index in [2.05, 4.69) is 16.8 Å². The van der Waals surface area contributed by atoms with Crippen LogP contribution in [0.1, 0.15) is 34.3 Å². The molecule has 0 aliphatic carbocycles. The molecule has 5 nitrogen and oxygen atoms in total. The van der Waals surface area contributed by atoms with Crippen LogP contribution in [0.4, 0.5) is 0 Å². The van der Waals surface area contributed by atoms with Crippen molar-refractivity contribution < 1.29 is 14.3 Å². The molecule has 0 fully saturated rings. The number of hydrogen-bond donors (Lipinski definition) is 0. The fraction of sp³-hybridized carbons (Fsp3) is 0.207. The van der Waals surface area contributed by atoms with Gasteiger partial charge in [-0.25, -0.2) is 0 Å². The Labute approximate surface area is 200 Å². The van der Waals surface area contributed by atoms with Gasteiger partial charge in [0.2, 0.25) is 5.91 Å². The molecule has 1 aliphatic heterocycles. The second kappa shape index (κ2) is 9.48. The fourth-order valence-electron chi connectivity index (χ4n) is 4.93. The molecule has 0 bridgehead atoms. The van der Waals surface area contributed by atoms with E-state index in [1.807, 2.05) is 89.8 Å². The highest BCUT2D eigenvalue weighted by Crippen LogP contribution is 2.39. The number of benzene rings is 3. The number of nitrogens with zero attached hydrogens (tertiary/aromatic N) is 2. The van der Waals surface area contributed by atoms with Crippen LogP contribution in [0.2, 0.25) is 0 Å². The summed E-state index contributed by atoms with van der Waals surface area (Å²) >= 11 is 0. The van der Waals surface area contributed by atoms with Crippen LogP contribution in [-0.2, 0) is 11.3 Å². The monoisotopic (exact) mass is 452 g/mol. The van der Waals surface area contributed by atoms with Crippen LogP contribution >= 0.6 is 0 Å². The first-order valence-electron chi connectivity index (χ1n) is 11.5. The maximum atomic E-state index is 14.4. The van der Waals surface area contributed by atoms with Gasteiger partial charge in [0.25, 0.3) is 0 Å². The molecule has 0 radical (unpaired) electrons. The molecule has 0 N–H and O–H groups in total. The van der Waals surface area contributed by atoms with Crippen molar-refractivity contribution in [1.29, 1.82) is 0 Å². The summed E-state index contributed by atoms with van der Waals surface area (Å²) in [6, 6.07) is 29.9. The van der Waals surface area contributed by atoms with E-state index >= 15 is 0 Å². The van der Waals surface area contributed by atoms with Crippen molar-refractivity contribution in [3.05, 3.63) is 120 Å². The molecule has 172 valence electrons. The molecule has 1 atom stereocenters. The summed E-state index contributed by atoms with van der Waals surface area (Å²) < 4.78 is 13.3. The second-order valence-electron chi connectivity index (χ2n) is 8.43. The molecule has 1 amide bonds. The van der Waals surface area contributed by atoms with Crippen LogP contribution in [0, 0.1) is 0 Å². The minimum Gasteiger partial charge on any atom is -0.493 e. The van der Waals surface area contributed by atoms with Gasteiger partial charge in [-0.2, -0.15) is 0 Å². The fourth-order valence-corrected chi connectivity index (χ4v) is 4.93. The molecule has 4 aromatic rings. The normalized spacial score (nSPS) is 15.1. The number of carbonyl (C=O) groups excluding carboxylic acids is 1. The molecule has 0 saturated heterocycles. The number of aromatic nitrogens is 1. The first kappa shape index (κ1) is 21.8. The molecule has 5 heteroatoms. The van der Waals surface area contributed by atoms with Gasteiger partial charge < -0.3 is 18.9 Å². The first-order chi connectivity index (χ1) is 16.7. The zero-order valence-corrected chi connectivity index (χ0v) is 19.4. The van der Waals surface area contributed by atoms with E-state index in [-0.39, 0.29) is 17.9 Å². The van der Waals surface area contributed by atoms with Crippen LogP contribution in [0.3, 0.4) is 0 Å². The number of ether oxygens (including phenoxy) is 2. The first-order valence-corrected chi connectivity index (χ1v) is 11.5. The molecule has 1 aromatic heterocycles. The smallest absolute Gasteiger partial charge is 0.235 e. The summed E-state index contributed by atoms with van der Waals surface area (Å²) in [5.41, 5.74) is 4.06. The Hall–Kier alpha value is -3.99. The van der Waals surface area contributed by atoms with Gasteiger partial charge in [0.05, 0.1) is 26.2 Å². The summed E-state index contributed by atoms with van der Waals surface area (Å²) in [5.74, 6) is 1.02. The minimum absolute atomic E-state index is 0.0876. The van der Waals surface area contributed by atoms with Crippen LogP contribution in [0.25, 0.3) is 0 Å². The summed E-state index contributed by atoms with van der Waals surface area (Å²) in [6.45, 7) is 1.38. The van der Waals surface area contributed by atoms with Gasteiger partial charge >= 0.3 is 0 Å². The predicted molar refractivity (Wildman–Crippen MR) is 132 cm³/mol. The van der Waals surface area contributed by atoms with Gasteiger partial charge in [-0.05, 0) is 41.0 Å². The van der Waals surface area contributed by atoms with Gasteiger partial charge in [-0.15, -0.1) is 0 Å². The lowest BCUT2D eigenvalue weighted by atomic mass is 9.88. The van der Waals surface area contributed by atoms with Gasteiger partial charge in [-0.1, -0.05) is 66.7 Å². The van der Waals surface area contributed by atoms with Gasteiger partial charge in [0, 0.05) is 25.0 Å². The molecule has 1 unspecified atom stereocenters. The second-order valence-corrected chi connectivity index (χ2v) is 8.43. The van der Waals surface area contributed by atoms with E-state index in [0.717, 1.165) is 28.9 Å². The molecule has 0 saturated carbocycles. The number of hydrogen-bond acceptors (Lipinski definition) is 3. The third-order valence-corrected chi connectivity index (χ3v) is 6.56. The minimum atomic E-state index is -0.383. The van der Waals surface area contributed by atoms with E-state index < -0.39 is 0 Å². The predicted octanol–water partition coefficient (Wildman–Crippen LogP) is 5.27. The lowest BCUT2D eigenvalue weighted by molar-refractivity contribution is -0.134. The Bertz CT molecular complexity index is 1230. The van der Waals surface area contributed by atoms with E-state index in [4.69, 9.17) is 9.47 Å². The Morgan fingerprint density at radius 1 is 0.794 bits per heavy atom. The Balaban J connectivity index is 1.61. The molecular formula is C29H28N2O3. The average molecular weight is 453 g/mol. The molecule has 5 rings (SSSR count). The number of amides is 1. The van der Waals surface area contributed by atoms with Crippen LogP contribution in [0.15, 0.2) is 97.2 Å². The zero-order valence-electron chi connectivity index (χ0n) is 19.4. The van der Waals surface area contributed by atoms with Crippen molar-refractivity contribution in [3.63, 3.8) is 0 Å². The molecule has 2 heterocycles. The summed E-state index contributed by atoms with van der Waals surface area (Å²) in [5, 5.41) is 0. The Morgan fingerprint density at radius 2 is 1.44 bits per heavy atom. The van der Waals surface area contributed by atoms with Crippen LogP contribution in [0.5, 0.6) is 11.5 Å². The lowest BCUT2D eigenvalue weighted by Gasteiger charge is -2.39. The SMILES string of the molecule is COc1ccc(C2c3cccn3CCN2C(=O)C(c2ccccc2)c2ccccc2)cc1OC. The number of rotatable bonds is 6. The van der Waals surface area contributed by atoms with E-state index in [0.29, 0.717) is 18.0 Å². The maximum absolute atomic E-state index is 14.4. The highest BCUT2D eigenvalue weighted by molar-refractivity contribution is 5.88. The third kappa shape index (κ3) is 3.94. The number of methoxy groups -OCH3 is 2. The van der Waals surface area contributed by atoms with Gasteiger partial charge in [0.15, 0.2) is 11.5 Å². The highest BCUT2D eigenvalue weighted by Gasteiger charge is 2.37. The molecule has 1 aliphatic rings. The zero-order chi connectivity index (χ0) is 23.5. The van der Waals surface area contributed by atoms with E-state index in [1.54, 1.807) is 14.2 Å². The van der Waals surface area contributed by atoms with E-state index in [9.17, 15) is 4.79 Å². The van der Waals surface area contributed by atoms with Crippen molar-refractivity contribution in [2.75, 3.05) is 20.8 Å². The van der Waals surface area contributed by atoms with Crippen molar-refractivity contribution in [2.45, 2.75) is 18.5 Å². The van der Waals surface area contributed by atoms with E-state index in [1.165, 1.54) is 0 Å². The van der Waals surface area contributed by atoms with Crippen molar-refractivity contribution in [2.24, 2.45) is 0 Å². The lowest BCUT2D eigenvalue weighted by Crippen LogP contribution is -2.44. The number of fused-ring (bicyclic) bond motifs is 1.